The number of nitrogens with one attached hydrogen (secondary N) is 2. The Morgan fingerprint density at radius 3 is 2.67 bits per heavy atom. The van der Waals surface area contributed by atoms with Crippen LogP contribution >= 0.6 is 0 Å². The zero-order valence-corrected chi connectivity index (χ0v) is 18.3. The zero-order chi connectivity index (χ0) is 23.5. The van der Waals surface area contributed by atoms with Crippen LogP contribution in [0.4, 0.5) is 11.6 Å². The van der Waals surface area contributed by atoms with Crippen LogP contribution in [-0.4, -0.2) is 37.5 Å². The maximum Gasteiger partial charge on any atom is 0.274 e. The van der Waals surface area contributed by atoms with Gasteiger partial charge in [-0.25, -0.2) is 19.9 Å². The van der Waals surface area contributed by atoms with Crippen LogP contribution in [0.5, 0.6) is 0 Å². The molecule has 0 aliphatic carbocycles. The summed E-state index contributed by atoms with van der Waals surface area (Å²) in [5, 5.41) is 5.77. The SMILES string of the molecule is CNc1ccc(C)c(CNC(=O)c2nc(-c3ccc(=O)n(C)c3)c(-c3ncco3)nc2N)n1. The third kappa shape index (κ3) is 4.42. The Morgan fingerprint density at radius 2 is 1.97 bits per heavy atom. The summed E-state index contributed by atoms with van der Waals surface area (Å²) in [5.41, 5.74) is 8.58. The molecule has 0 bridgehead atoms. The quantitative estimate of drug-likeness (QED) is 0.402. The summed E-state index contributed by atoms with van der Waals surface area (Å²) < 4.78 is 6.78. The Hall–Kier alpha value is -4.54. The molecule has 0 aliphatic rings. The first kappa shape index (κ1) is 21.7. The van der Waals surface area contributed by atoms with Crippen LogP contribution in [0.2, 0.25) is 0 Å². The minimum atomic E-state index is -0.513. The fourth-order valence-electron chi connectivity index (χ4n) is 3.18. The maximum absolute atomic E-state index is 13.0. The van der Waals surface area contributed by atoms with Gasteiger partial charge < -0.3 is 25.4 Å². The molecule has 4 N–H and O–H groups in total. The number of hydrogen-bond acceptors (Lipinski definition) is 9. The van der Waals surface area contributed by atoms with Gasteiger partial charge >= 0.3 is 0 Å². The van der Waals surface area contributed by atoms with Crippen molar-refractivity contribution in [2.24, 2.45) is 7.05 Å². The monoisotopic (exact) mass is 446 g/mol. The van der Waals surface area contributed by atoms with Crippen LogP contribution in [0.1, 0.15) is 21.7 Å². The summed E-state index contributed by atoms with van der Waals surface area (Å²) >= 11 is 0. The fraction of sp³-hybridized carbons (Fsp3) is 0.182. The van der Waals surface area contributed by atoms with Crippen molar-refractivity contribution in [1.82, 2.24) is 29.8 Å². The molecule has 0 fully saturated rings. The van der Waals surface area contributed by atoms with E-state index in [1.807, 2.05) is 19.1 Å². The van der Waals surface area contributed by atoms with Crippen molar-refractivity contribution in [3.05, 3.63) is 70.2 Å². The van der Waals surface area contributed by atoms with Crippen molar-refractivity contribution in [1.29, 1.82) is 0 Å². The smallest absolute Gasteiger partial charge is 0.274 e. The summed E-state index contributed by atoms with van der Waals surface area (Å²) in [6.07, 6.45) is 4.45. The summed E-state index contributed by atoms with van der Waals surface area (Å²) in [5.74, 6) is 0.286. The van der Waals surface area contributed by atoms with Crippen LogP contribution in [-0.2, 0) is 13.6 Å². The second kappa shape index (κ2) is 8.91. The first-order valence-corrected chi connectivity index (χ1v) is 10.0. The number of nitrogens with zero attached hydrogens (tertiary/aromatic N) is 5. The van der Waals surface area contributed by atoms with Crippen molar-refractivity contribution < 1.29 is 9.21 Å². The van der Waals surface area contributed by atoms with Gasteiger partial charge in [0.25, 0.3) is 5.91 Å². The number of rotatable bonds is 6. The van der Waals surface area contributed by atoms with Gasteiger partial charge in [0.2, 0.25) is 11.4 Å². The molecule has 11 heteroatoms. The molecule has 4 heterocycles. The van der Waals surface area contributed by atoms with Crippen molar-refractivity contribution in [3.8, 4) is 22.8 Å². The average Bonchev–Trinajstić information content (AvgIpc) is 3.35. The highest BCUT2D eigenvalue weighted by atomic mass is 16.3. The lowest BCUT2D eigenvalue weighted by Crippen LogP contribution is -2.26. The van der Waals surface area contributed by atoms with Gasteiger partial charge in [0, 0.05) is 31.9 Å². The van der Waals surface area contributed by atoms with E-state index in [1.165, 1.54) is 23.1 Å². The zero-order valence-electron chi connectivity index (χ0n) is 18.3. The van der Waals surface area contributed by atoms with E-state index in [0.29, 0.717) is 22.8 Å². The molecule has 1 amide bonds. The Morgan fingerprint density at radius 1 is 1.15 bits per heavy atom. The first-order valence-electron chi connectivity index (χ1n) is 10.0. The summed E-state index contributed by atoms with van der Waals surface area (Å²) in [7, 11) is 3.39. The van der Waals surface area contributed by atoms with Crippen molar-refractivity contribution in [3.63, 3.8) is 0 Å². The van der Waals surface area contributed by atoms with E-state index >= 15 is 0 Å². The minimum absolute atomic E-state index is 0.0587. The highest BCUT2D eigenvalue weighted by Crippen LogP contribution is 2.29. The largest absolute Gasteiger partial charge is 0.443 e. The van der Waals surface area contributed by atoms with E-state index in [4.69, 9.17) is 10.2 Å². The molecule has 4 aromatic heterocycles. The molecule has 4 rings (SSSR count). The standard InChI is InChI=1S/C22H22N8O3/c1-12-4-6-15(24-2)27-14(12)10-26-21(32)19-20(23)29-18(22-25-8-9-33-22)17(28-19)13-5-7-16(31)30(3)11-13/h4-9,11H,10H2,1-3H3,(H2,23,29)(H,24,27)(H,26,32). The Kier molecular flexibility index (Phi) is 5.85. The van der Waals surface area contributed by atoms with Gasteiger partial charge in [-0.05, 0) is 24.6 Å². The third-order valence-corrected chi connectivity index (χ3v) is 5.01. The Labute approximate surface area is 188 Å². The van der Waals surface area contributed by atoms with Gasteiger partial charge in [0.1, 0.15) is 17.8 Å². The number of nitrogen functional groups attached to an aromatic ring is 1. The number of aryl methyl sites for hydroxylation is 2. The predicted octanol–water partition coefficient (Wildman–Crippen LogP) is 1.75. The number of nitrogens with two attached hydrogens (primary N) is 1. The van der Waals surface area contributed by atoms with E-state index < -0.39 is 5.91 Å². The van der Waals surface area contributed by atoms with Crippen molar-refractivity contribution in [2.45, 2.75) is 13.5 Å². The number of pyridine rings is 2. The highest BCUT2D eigenvalue weighted by molar-refractivity contribution is 5.97. The van der Waals surface area contributed by atoms with Gasteiger partial charge in [-0.2, -0.15) is 0 Å². The van der Waals surface area contributed by atoms with E-state index in [2.05, 4.69) is 30.6 Å². The molecule has 33 heavy (non-hydrogen) atoms. The van der Waals surface area contributed by atoms with E-state index in [0.717, 1.165) is 5.56 Å². The van der Waals surface area contributed by atoms with E-state index in [-0.39, 0.29) is 35.2 Å². The van der Waals surface area contributed by atoms with Crippen LogP contribution in [0.3, 0.4) is 0 Å². The average molecular weight is 446 g/mol. The molecule has 0 saturated heterocycles. The van der Waals surface area contributed by atoms with Crippen molar-refractivity contribution >= 4 is 17.5 Å². The third-order valence-electron chi connectivity index (χ3n) is 5.01. The number of amides is 1. The summed E-state index contributed by atoms with van der Waals surface area (Å²) in [6, 6.07) is 6.76. The normalized spacial score (nSPS) is 10.8. The molecular formula is C22H22N8O3. The van der Waals surface area contributed by atoms with Gasteiger partial charge in [-0.3, -0.25) is 9.59 Å². The van der Waals surface area contributed by atoms with Crippen LogP contribution in [0, 0.1) is 6.92 Å². The second-order valence-electron chi connectivity index (χ2n) is 7.25. The van der Waals surface area contributed by atoms with Gasteiger partial charge in [0.15, 0.2) is 17.2 Å². The van der Waals surface area contributed by atoms with Gasteiger partial charge in [-0.15, -0.1) is 0 Å². The molecule has 0 unspecified atom stereocenters. The summed E-state index contributed by atoms with van der Waals surface area (Å²) in [6.45, 7) is 2.09. The number of hydrogen-bond donors (Lipinski definition) is 3. The summed E-state index contributed by atoms with van der Waals surface area (Å²) in [4.78, 5) is 42.2. The Balaban J connectivity index is 1.72. The Bertz CT molecular complexity index is 1380. The number of aromatic nitrogens is 5. The van der Waals surface area contributed by atoms with Crippen LogP contribution in [0.25, 0.3) is 22.8 Å². The molecule has 4 aromatic rings. The number of carbonyl (C=O) groups excluding carboxylic acids is 1. The number of anilines is 2. The molecule has 0 aromatic carbocycles. The molecule has 0 aliphatic heterocycles. The lowest BCUT2D eigenvalue weighted by molar-refractivity contribution is 0.0946. The predicted molar refractivity (Wildman–Crippen MR) is 122 cm³/mol. The van der Waals surface area contributed by atoms with Crippen LogP contribution < -0.4 is 21.9 Å². The lowest BCUT2D eigenvalue weighted by Gasteiger charge is -2.13. The lowest BCUT2D eigenvalue weighted by atomic mass is 10.1. The molecule has 0 atom stereocenters. The van der Waals surface area contributed by atoms with Crippen LogP contribution in [0.15, 0.2) is 52.1 Å². The number of oxazole rings is 1. The molecular weight excluding hydrogens is 424 g/mol. The molecule has 11 nitrogen and oxygen atoms in total. The molecule has 0 radical (unpaired) electrons. The van der Waals surface area contributed by atoms with Gasteiger partial charge in [-0.1, -0.05) is 6.07 Å². The second-order valence-corrected chi connectivity index (χ2v) is 7.25. The fourth-order valence-corrected chi connectivity index (χ4v) is 3.18. The molecule has 0 saturated carbocycles. The van der Waals surface area contributed by atoms with Crippen molar-refractivity contribution in [2.75, 3.05) is 18.1 Å². The number of carbonyl (C=O) groups is 1. The van der Waals surface area contributed by atoms with Gasteiger partial charge in [0.05, 0.1) is 18.4 Å². The molecule has 0 spiro atoms. The van der Waals surface area contributed by atoms with E-state index in [9.17, 15) is 9.59 Å². The topological polar surface area (TPSA) is 154 Å². The first-order chi connectivity index (χ1) is 15.9. The minimum Gasteiger partial charge on any atom is -0.443 e. The maximum atomic E-state index is 13.0. The van der Waals surface area contributed by atoms with E-state index in [1.54, 1.807) is 26.4 Å². The molecule has 168 valence electrons. The highest BCUT2D eigenvalue weighted by Gasteiger charge is 2.22.